The number of fused-ring (bicyclic) bond motifs is 1. The zero-order chi connectivity index (χ0) is 21.3. The summed E-state index contributed by atoms with van der Waals surface area (Å²) in [7, 11) is 0. The molecule has 6 nitrogen and oxygen atoms in total. The van der Waals surface area contributed by atoms with Crippen molar-refractivity contribution >= 4 is 17.7 Å². The van der Waals surface area contributed by atoms with Gasteiger partial charge in [-0.05, 0) is 61.6 Å². The average Bonchev–Trinajstić information content (AvgIpc) is 2.67. The monoisotopic (exact) mass is 395 g/mol. The van der Waals surface area contributed by atoms with Gasteiger partial charge < -0.3 is 15.7 Å². The van der Waals surface area contributed by atoms with E-state index in [1.54, 1.807) is 11.8 Å². The lowest BCUT2D eigenvalue weighted by molar-refractivity contribution is -0.117. The second-order valence-electron chi connectivity index (χ2n) is 7.95. The van der Waals surface area contributed by atoms with Gasteiger partial charge in [-0.3, -0.25) is 9.69 Å². The van der Waals surface area contributed by atoms with Crippen LogP contribution in [0.25, 0.3) is 11.1 Å². The standard InChI is InChI=1S/C23H29N3O3/c1-14(2)25(23(28)29)22-11-15(3)26(16(4)27)21-10-9-19(12-20(21)22)18-7-5-17(13-24)6-8-18/h5-10,12,14-15,22H,11,13,24H2,1-4H3,(H,28,29)/t15-,22+/m0/s1. The third kappa shape index (κ3) is 3.98. The highest BCUT2D eigenvalue weighted by Gasteiger charge is 2.38. The lowest BCUT2D eigenvalue weighted by Crippen LogP contribution is -2.48. The van der Waals surface area contributed by atoms with Crippen molar-refractivity contribution in [2.75, 3.05) is 4.90 Å². The zero-order valence-electron chi connectivity index (χ0n) is 17.4. The van der Waals surface area contributed by atoms with Crippen LogP contribution in [0, 0.1) is 0 Å². The number of carboxylic acid groups (broad SMARTS) is 1. The molecule has 0 fully saturated rings. The fourth-order valence-electron chi connectivity index (χ4n) is 4.30. The van der Waals surface area contributed by atoms with Crippen LogP contribution in [0.1, 0.15) is 51.3 Å². The highest BCUT2D eigenvalue weighted by molar-refractivity contribution is 5.94. The second kappa shape index (κ2) is 8.25. The number of nitrogens with two attached hydrogens (primary N) is 1. The Hall–Kier alpha value is -2.86. The minimum absolute atomic E-state index is 0.0383. The van der Waals surface area contributed by atoms with Crippen LogP contribution in [0.5, 0.6) is 0 Å². The van der Waals surface area contributed by atoms with E-state index in [1.165, 1.54) is 4.90 Å². The highest BCUT2D eigenvalue weighted by atomic mass is 16.4. The number of anilines is 1. The summed E-state index contributed by atoms with van der Waals surface area (Å²) >= 11 is 0. The van der Waals surface area contributed by atoms with Crippen molar-refractivity contribution in [1.29, 1.82) is 0 Å². The largest absolute Gasteiger partial charge is 0.465 e. The molecule has 2 atom stereocenters. The van der Waals surface area contributed by atoms with E-state index in [2.05, 4.69) is 0 Å². The van der Waals surface area contributed by atoms with E-state index in [4.69, 9.17) is 5.73 Å². The molecule has 154 valence electrons. The van der Waals surface area contributed by atoms with E-state index < -0.39 is 6.09 Å². The van der Waals surface area contributed by atoms with Crippen molar-refractivity contribution in [2.24, 2.45) is 5.73 Å². The summed E-state index contributed by atoms with van der Waals surface area (Å²) in [6.07, 6.45) is -0.385. The van der Waals surface area contributed by atoms with Crippen LogP contribution in [-0.4, -0.2) is 34.1 Å². The number of hydrogen-bond acceptors (Lipinski definition) is 3. The Morgan fingerprint density at radius 3 is 2.31 bits per heavy atom. The van der Waals surface area contributed by atoms with Crippen molar-refractivity contribution < 1.29 is 14.7 Å². The van der Waals surface area contributed by atoms with Gasteiger partial charge in [-0.2, -0.15) is 0 Å². The van der Waals surface area contributed by atoms with E-state index in [-0.39, 0.29) is 24.0 Å². The van der Waals surface area contributed by atoms with Crippen LogP contribution >= 0.6 is 0 Å². The quantitative estimate of drug-likeness (QED) is 0.804. The second-order valence-corrected chi connectivity index (χ2v) is 7.95. The maximum Gasteiger partial charge on any atom is 0.408 e. The van der Waals surface area contributed by atoms with Crippen molar-refractivity contribution in [2.45, 2.75) is 58.8 Å². The van der Waals surface area contributed by atoms with Crippen molar-refractivity contribution in [3.8, 4) is 11.1 Å². The molecule has 0 saturated heterocycles. The van der Waals surface area contributed by atoms with E-state index in [0.717, 1.165) is 27.9 Å². The maximum atomic E-state index is 12.3. The molecule has 2 aromatic rings. The Balaban J connectivity index is 2.15. The van der Waals surface area contributed by atoms with Gasteiger partial charge in [0.2, 0.25) is 5.91 Å². The molecular weight excluding hydrogens is 366 g/mol. The maximum absolute atomic E-state index is 12.3. The minimum Gasteiger partial charge on any atom is -0.465 e. The molecule has 3 N–H and O–H groups in total. The first-order valence-electron chi connectivity index (χ1n) is 9.99. The molecule has 0 aliphatic carbocycles. The molecule has 0 unspecified atom stereocenters. The summed E-state index contributed by atoms with van der Waals surface area (Å²) in [5, 5.41) is 9.86. The first-order valence-corrected chi connectivity index (χ1v) is 9.99. The van der Waals surface area contributed by atoms with E-state index in [0.29, 0.717) is 13.0 Å². The molecule has 0 bridgehead atoms. The molecule has 6 heteroatoms. The molecule has 0 aromatic heterocycles. The van der Waals surface area contributed by atoms with Crippen molar-refractivity contribution in [3.05, 3.63) is 53.6 Å². The topological polar surface area (TPSA) is 86.9 Å². The van der Waals surface area contributed by atoms with Gasteiger partial charge in [0.1, 0.15) is 0 Å². The molecule has 2 aromatic carbocycles. The van der Waals surface area contributed by atoms with Crippen LogP contribution in [0.3, 0.4) is 0 Å². The predicted octanol–water partition coefficient (Wildman–Crippen LogP) is 4.39. The molecule has 1 aliphatic rings. The van der Waals surface area contributed by atoms with E-state index >= 15 is 0 Å². The molecule has 3 rings (SSSR count). The van der Waals surface area contributed by atoms with Gasteiger partial charge in [0.15, 0.2) is 0 Å². The van der Waals surface area contributed by atoms with Crippen molar-refractivity contribution in [3.63, 3.8) is 0 Å². The van der Waals surface area contributed by atoms with Gasteiger partial charge in [0.25, 0.3) is 0 Å². The molecule has 29 heavy (non-hydrogen) atoms. The molecule has 2 amide bonds. The van der Waals surface area contributed by atoms with Crippen molar-refractivity contribution in [1.82, 2.24) is 4.90 Å². The first kappa shape index (κ1) is 20.9. The Labute approximate surface area is 171 Å². The SMILES string of the molecule is CC(=O)N1c2ccc(-c3ccc(CN)cc3)cc2[C@H](N(C(=O)O)C(C)C)C[C@@H]1C. The average molecular weight is 396 g/mol. The Bertz CT molecular complexity index is 908. The lowest BCUT2D eigenvalue weighted by atomic mass is 9.87. The molecular formula is C23H29N3O3. The number of hydrogen-bond donors (Lipinski definition) is 2. The summed E-state index contributed by atoms with van der Waals surface area (Å²) < 4.78 is 0. The van der Waals surface area contributed by atoms with Gasteiger partial charge in [-0.25, -0.2) is 4.79 Å². The molecule has 1 heterocycles. The smallest absolute Gasteiger partial charge is 0.408 e. The third-order valence-electron chi connectivity index (χ3n) is 5.63. The van der Waals surface area contributed by atoms with Gasteiger partial charge in [0, 0.05) is 31.2 Å². The van der Waals surface area contributed by atoms with E-state index in [9.17, 15) is 14.7 Å². The summed E-state index contributed by atoms with van der Waals surface area (Å²) in [5.41, 5.74) is 10.4. The van der Waals surface area contributed by atoms with Gasteiger partial charge in [0.05, 0.1) is 6.04 Å². The Morgan fingerprint density at radius 1 is 1.17 bits per heavy atom. The van der Waals surface area contributed by atoms with Crippen LogP contribution in [0.2, 0.25) is 0 Å². The van der Waals surface area contributed by atoms with Gasteiger partial charge >= 0.3 is 6.09 Å². The Morgan fingerprint density at radius 2 is 1.79 bits per heavy atom. The van der Waals surface area contributed by atoms with Gasteiger partial charge in [-0.15, -0.1) is 0 Å². The molecule has 0 saturated carbocycles. The third-order valence-corrected chi connectivity index (χ3v) is 5.63. The predicted molar refractivity (Wildman–Crippen MR) is 115 cm³/mol. The summed E-state index contributed by atoms with van der Waals surface area (Å²) in [6.45, 7) is 7.77. The number of amides is 2. The Kier molecular flexibility index (Phi) is 5.94. The van der Waals surface area contributed by atoms with Crippen LogP contribution in [-0.2, 0) is 11.3 Å². The number of carbonyl (C=O) groups excluding carboxylic acids is 1. The summed E-state index contributed by atoms with van der Waals surface area (Å²) in [4.78, 5) is 27.6. The molecule has 1 aliphatic heterocycles. The fourth-order valence-corrected chi connectivity index (χ4v) is 4.30. The molecule has 0 radical (unpaired) electrons. The highest BCUT2D eigenvalue weighted by Crippen LogP contribution is 2.43. The minimum atomic E-state index is -0.947. The van der Waals surface area contributed by atoms with E-state index in [1.807, 2.05) is 63.2 Å². The number of benzene rings is 2. The number of carbonyl (C=O) groups is 2. The summed E-state index contributed by atoms with van der Waals surface area (Å²) in [6, 6.07) is 13.4. The first-order chi connectivity index (χ1) is 13.7. The molecule has 0 spiro atoms. The summed E-state index contributed by atoms with van der Waals surface area (Å²) in [5.74, 6) is -0.0383. The number of nitrogens with zero attached hydrogens (tertiary/aromatic N) is 2. The number of rotatable bonds is 4. The zero-order valence-corrected chi connectivity index (χ0v) is 17.4. The van der Waals surface area contributed by atoms with Crippen LogP contribution in [0.15, 0.2) is 42.5 Å². The van der Waals surface area contributed by atoms with Gasteiger partial charge in [-0.1, -0.05) is 30.3 Å². The van der Waals surface area contributed by atoms with Crippen LogP contribution < -0.4 is 10.6 Å². The van der Waals surface area contributed by atoms with Crippen LogP contribution in [0.4, 0.5) is 10.5 Å². The lowest BCUT2D eigenvalue weighted by Gasteiger charge is -2.43. The fraction of sp³-hybridized carbons (Fsp3) is 0.391. The normalized spacial score (nSPS) is 18.5.